The third kappa shape index (κ3) is 5.08. The molecule has 1 unspecified atom stereocenters. The van der Waals surface area contributed by atoms with Gasteiger partial charge in [-0.25, -0.2) is 4.99 Å². The monoisotopic (exact) mass is 465 g/mol. The van der Waals surface area contributed by atoms with Crippen molar-refractivity contribution in [2.24, 2.45) is 16.3 Å². The van der Waals surface area contributed by atoms with Gasteiger partial charge in [0.15, 0.2) is 5.69 Å². The Morgan fingerprint density at radius 3 is 2.88 bits per heavy atom. The number of nitrogens with one attached hydrogen (secondary N) is 1. The molecule has 0 amide bonds. The van der Waals surface area contributed by atoms with Crippen LogP contribution in [0.2, 0.25) is 0 Å². The van der Waals surface area contributed by atoms with Crippen molar-refractivity contribution < 1.29 is 14.7 Å². The number of carboxylic acid groups (broad SMARTS) is 1. The highest BCUT2D eigenvalue weighted by Gasteiger charge is 2.32. The van der Waals surface area contributed by atoms with Crippen molar-refractivity contribution in [1.29, 1.82) is 0 Å². The van der Waals surface area contributed by atoms with Crippen LogP contribution in [-0.4, -0.2) is 39.3 Å². The number of hydrogen-bond acceptors (Lipinski definition) is 6. The van der Waals surface area contributed by atoms with Gasteiger partial charge in [0.25, 0.3) is 5.90 Å². The van der Waals surface area contributed by atoms with Crippen molar-refractivity contribution in [3.8, 4) is 0 Å². The van der Waals surface area contributed by atoms with Crippen molar-refractivity contribution in [3.63, 3.8) is 0 Å². The number of nitrogens with zero attached hydrogens (tertiary/aromatic N) is 3. The number of rotatable bonds is 7. The number of benzene rings is 1. The van der Waals surface area contributed by atoms with Crippen LogP contribution >= 0.6 is 0 Å². The lowest BCUT2D eigenvalue weighted by molar-refractivity contribution is -0.136. The lowest BCUT2D eigenvalue weighted by Crippen LogP contribution is -2.37. The number of nitrogens with two attached hydrogens (primary N) is 1. The van der Waals surface area contributed by atoms with Gasteiger partial charge in [-0.2, -0.15) is 11.0 Å². The molecule has 34 heavy (non-hydrogen) atoms. The molecule has 8 nitrogen and oxygen atoms in total. The highest BCUT2D eigenvalue weighted by Crippen LogP contribution is 2.36. The largest absolute Gasteiger partial charge is 0.480 e. The Kier molecular flexibility index (Phi) is 6.91. The number of aromatic nitrogens is 2. The van der Waals surface area contributed by atoms with Gasteiger partial charge in [-0.15, -0.1) is 0 Å². The first-order valence-electron chi connectivity index (χ1n) is 12.0. The van der Waals surface area contributed by atoms with Crippen molar-refractivity contribution in [1.82, 2.24) is 15.1 Å². The van der Waals surface area contributed by atoms with E-state index in [0.717, 1.165) is 50.6 Å². The fourth-order valence-corrected chi connectivity index (χ4v) is 5.10. The molecular weight excluding hydrogens is 430 g/mol. The van der Waals surface area contributed by atoms with Crippen LogP contribution in [0.25, 0.3) is 5.70 Å². The van der Waals surface area contributed by atoms with Gasteiger partial charge in [0.05, 0.1) is 12.2 Å². The summed E-state index contributed by atoms with van der Waals surface area (Å²) in [5.41, 5.74) is 7.32. The minimum absolute atomic E-state index is 0.0134. The topological polar surface area (TPSA) is 115 Å². The van der Waals surface area contributed by atoms with Gasteiger partial charge in [0, 0.05) is 23.8 Å². The minimum atomic E-state index is -0.832. The van der Waals surface area contributed by atoms with E-state index in [1.54, 1.807) is 0 Å². The van der Waals surface area contributed by atoms with Crippen molar-refractivity contribution in [2.75, 3.05) is 6.54 Å². The molecule has 4 N–H and O–H groups in total. The first kappa shape index (κ1) is 24.2. The Labute approximate surface area is 200 Å². The fourth-order valence-electron chi connectivity index (χ4n) is 5.10. The third-order valence-corrected chi connectivity index (χ3v) is 7.02. The van der Waals surface area contributed by atoms with E-state index in [4.69, 9.17) is 20.9 Å². The second-order valence-electron chi connectivity index (χ2n) is 10.1. The van der Waals surface area contributed by atoms with Crippen LogP contribution in [0.4, 0.5) is 0 Å². The van der Waals surface area contributed by atoms with E-state index in [2.05, 4.69) is 49.8 Å². The predicted octanol–water partition coefficient (Wildman–Crippen LogP) is 3.26. The molecule has 0 aliphatic heterocycles. The summed E-state index contributed by atoms with van der Waals surface area (Å²) < 4.78 is 2.04. The molecule has 4 rings (SSSR count). The summed E-state index contributed by atoms with van der Waals surface area (Å²) in [5.74, 6) is 5.14. The standard InChI is InChI=1S/C26H35N5O3/c1-5-31-22-14-26(3,4)11-10-21(22)24(30-31)25(34-27)29-16(2)17-6-7-19-13-20(28-15-23(32)33)9-8-18(19)12-17/h6-7,12,20,28H,2,5,8-11,13-15,27H2,1,3-4H3,(H,32,33). The molecule has 1 aromatic heterocycles. The first-order valence-corrected chi connectivity index (χ1v) is 12.0. The van der Waals surface area contributed by atoms with E-state index < -0.39 is 5.97 Å². The number of carboxylic acids is 1. The highest BCUT2D eigenvalue weighted by atomic mass is 16.6. The molecular formula is C26H35N5O3. The molecule has 0 radical (unpaired) electrons. The molecule has 1 aromatic carbocycles. The van der Waals surface area contributed by atoms with Gasteiger partial charge in [0.2, 0.25) is 0 Å². The van der Waals surface area contributed by atoms with Crippen LogP contribution in [0.1, 0.15) is 67.3 Å². The quantitative estimate of drug-likeness (QED) is 0.328. The van der Waals surface area contributed by atoms with E-state index in [1.807, 2.05) is 10.7 Å². The Morgan fingerprint density at radius 1 is 1.38 bits per heavy atom. The number of hydrogen-bond donors (Lipinski definition) is 3. The summed E-state index contributed by atoms with van der Waals surface area (Å²) in [6.45, 7) is 11.6. The summed E-state index contributed by atoms with van der Waals surface area (Å²) in [5, 5.41) is 16.8. The SMILES string of the molecule is C=C(N=C(ON)c1nn(CC)c2c1CCC(C)(C)C2)c1ccc2c(c1)CCC(NCC(=O)O)C2. The Morgan fingerprint density at radius 2 is 2.18 bits per heavy atom. The van der Waals surface area contributed by atoms with Gasteiger partial charge < -0.3 is 15.3 Å². The van der Waals surface area contributed by atoms with E-state index in [1.165, 1.54) is 22.4 Å². The summed E-state index contributed by atoms with van der Waals surface area (Å²) in [6.07, 6.45) is 5.55. The number of aliphatic imine (C=N–C) groups is 1. The average molecular weight is 466 g/mol. The van der Waals surface area contributed by atoms with Crippen LogP contribution in [0.3, 0.4) is 0 Å². The summed E-state index contributed by atoms with van der Waals surface area (Å²) >= 11 is 0. The van der Waals surface area contributed by atoms with Crippen LogP contribution in [-0.2, 0) is 41.9 Å². The lowest BCUT2D eigenvalue weighted by atomic mass is 9.76. The van der Waals surface area contributed by atoms with Crippen molar-refractivity contribution >= 4 is 17.6 Å². The summed E-state index contributed by atoms with van der Waals surface area (Å²) in [7, 11) is 0. The molecule has 0 bridgehead atoms. The zero-order chi connectivity index (χ0) is 24.5. The number of aliphatic carboxylic acids is 1. The normalized spacial score (nSPS) is 19.3. The van der Waals surface area contributed by atoms with Crippen LogP contribution < -0.4 is 11.2 Å². The molecule has 0 fully saturated rings. The zero-order valence-corrected chi connectivity index (χ0v) is 20.4. The number of aryl methyl sites for hydroxylation is 2. The molecule has 0 spiro atoms. The van der Waals surface area contributed by atoms with Gasteiger partial charge in [-0.05, 0) is 73.6 Å². The van der Waals surface area contributed by atoms with Gasteiger partial charge in [-0.1, -0.05) is 32.6 Å². The highest BCUT2D eigenvalue weighted by molar-refractivity contribution is 5.97. The van der Waals surface area contributed by atoms with Gasteiger partial charge in [0.1, 0.15) is 0 Å². The molecule has 8 heteroatoms. The smallest absolute Gasteiger partial charge is 0.317 e. The van der Waals surface area contributed by atoms with E-state index in [0.29, 0.717) is 17.3 Å². The van der Waals surface area contributed by atoms with E-state index in [-0.39, 0.29) is 18.0 Å². The molecule has 182 valence electrons. The van der Waals surface area contributed by atoms with Crippen LogP contribution in [0.15, 0.2) is 29.8 Å². The maximum atomic E-state index is 10.8. The van der Waals surface area contributed by atoms with Crippen molar-refractivity contribution in [3.05, 3.63) is 58.4 Å². The second-order valence-corrected chi connectivity index (χ2v) is 10.1. The molecule has 1 heterocycles. The molecule has 2 aliphatic rings. The molecule has 0 saturated carbocycles. The van der Waals surface area contributed by atoms with Crippen LogP contribution in [0.5, 0.6) is 0 Å². The zero-order valence-electron chi connectivity index (χ0n) is 20.4. The minimum Gasteiger partial charge on any atom is -0.480 e. The molecule has 2 aromatic rings. The molecule has 2 aliphatic carbocycles. The number of fused-ring (bicyclic) bond motifs is 2. The van der Waals surface area contributed by atoms with Crippen LogP contribution in [0, 0.1) is 5.41 Å². The number of carbonyl (C=O) groups is 1. The molecule has 1 atom stereocenters. The predicted molar refractivity (Wildman–Crippen MR) is 132 cm³/mol. The lowest BCUT2D eigenvalue weighted by Gasteiger charge is -2.30. The van der Waals surface area contributed by atoms with E-state index in [9.17, 15) is 4.79 Å². The molecule has 0 saturated heterocycles. The van der Waals surface area contributed by atoms with Crippen molar-refractivity contribution in [2.45, 2.75) is 71.9 Å². The van der Waals surface area contributed by atoms with Gasteiger partial charge >= 0.3 is 5.97 Å². The first-order chi connectivity index (χ1) is 16.2. The summed E-state index contributed by atoms with van der Waals surface area (Å²) in [4.78, 5) is 20.7. The second kappa shape index (κ2) is 9.72. The Balaban J connectivity index is 1.56. The Hall–Kier alpha value is -2.97. The average Bonchev–Trinajstić information content (AvgIpc) is 3.16. The van der Waals surface area contributed by atoms with E-state index >= 15 is 0 Å². The summed E-state index contributed by atoms with van der Waals surface area (Å²) in [6, 6.07) is 6.38. The fraction of sp³-hybridized carbons (Fsp3) is 0.500. The maximum Gasteiger partial charge on any atom is 0.317 e. The van der Waals surface area contributed by atoms with Gasteiger partial charge in [-0.3, -0.25) is 9.48 Å². The Bertz CT molecular complexity index is 1130. The maximum absolute atomic E-state index is 10.8. The third-order valence-electron chi connectivity index (χ3n) is 7.02.